The van der Waals surface area contributed by atoms with Crippen LogP contribution in [-0.4, -0.2) is 44.9 Å². The van der Waals surface area contributed by atoms with Gasteiger partial charge in [0.25, 0.3) is 10.2 Å². The van der Waals surface area contributed by atoms with Crippen LogP contribution in [0.1, 0.15) is 58.3 Å². The summed E-state index contributed by atoms with van der Waals surface area (Å²) in [7, 11) is -3.32. The molecule has 1 saturated carbocycles. The summed E-state index contributed by atoms with van der Waals surface area (Å²) in [5, 5.41) is 3.29. The standard InChI is InChI=1S/C15H31N3O2S/c1-2-16-13-15-10-6-7-11-18(15)21(19,20)17-12-14-8-4-3-5-9-14/h14-17H,2-13H2,1H3. The number of hydrogen-bond acceptors (Lipinski definition) is 3. The highest BCUT2D eigenvalue weighted by Gasteiger charge is 2.32. The van der Waals surface area contributed by atoms with Crippen molar-refractivity contribution < 1.29 is 8.42 Å². The second-order valence-corrected chi connectivity index (χ2v) is 8.13. The average Bonchev–Trinajstić information content (AvgIpc) is 2.52. The Hall–Kier alpha value is -0.170. The van der Waals surface area contributed by atoms with E-state index < -0.39 is 10.2 Å². The summed E-state index contributed by atoms with van der Waals surface area (Å²) in [5.41, 5.74) is 0. The molecule has 1 aliphatic heterocycles. The van der Waals surface area contributed by atoms with Crippen LogP contribution < -0.4 is 10.0 Å². The van der Waals surface area contributed by atoms with E-state index in [1.807, 2.05) is 0 Å². The summed E-state index contributed by atoms with van der Waals surface area (Å²) in [6.45, 7) is 4.99. The molecule has 21 heavy (non-hydrogen) atoms. The van der Waals surface area contributed by atoms with Crippen LogP contribution in [0.3, 0.4) is 0 Å². The second kappa shape index (κ2) is 8.46. The van der Waals surface area contributed by atoms with Gasteiger partial charge in [-0.05, 0) is 38.1 Å². The second-order valence-electron chi connectivity index (χ2n) is 6.43. The predicted molar refractivity (Wildman–Crippen MR) is 86.4 cm³/mol. The normalized spacial score (nSPS) is 26.0. The van der Waals surface area contributed by atoms with Crippen LogP contribution in [0.15, 0.2) is 0 Å². The topological polar surface area (TPSA) is 61.4 Å². The molecule has 1 heterocycles. The van der Waals surface area contributed by atoms with E-state index >= 15 is 0 Å². The number of nitrogens with zero attached hydrogens (tertiary/aromatic N) is 1. The molecule has 0 amide bonds. The van der Waals surface area contributed by atoms with Gasteiger partial charge in [-0.15, -0.1) is 0 Å². The highest BCUT2D eigenvalue weighted by atomic mass is 32.2. The lowest BCUT2D eigenvalue weighted by atomic mass is 9.90. The van der Waals surface area contributed by atoms with E-state index in [9.17, 15) is 8.42 Å². The SMILES string of the molecule is CCNCC1CCCCN1S(=O)(=O)NCC1CCCCC1. The van der Waals surface area contributed by atoms with Gasteiger partial charge in [-0.2, -0.15) is 12.7 Å². The highest BCUT2D eigenvalue weighted by molar-refractivity contribution is 7.87. The molecule has 2 rings (SSSR count). The zero-order valence-corrected chi connectivity index (χ0v) is 14.1. The first-order valence-corrected chi connectivity index (χ1v) is 10.0. The van der Waals surface area contributed by atoms with Crippen molar-refractivity contribution in [2.24, 2.45) is 5.92 Å². The van der Waals surface area contributed by atoms with Gasteiger partial charge in [-0.3, -0.25) is 0 Å². The Balaban J connectivity index is 1.88. The molecule has 0 aromatic rings. The van der Waals surface area contributed by atoms with E-state index in [-0.39, 0.29) is 6.04 Å². The van der Waals surface area contributed by atoms with Gasteiger partial charge >= 0.3 is 0 Å². The maximum Gasteiger partial charge on any atom is 0.279 e. The number of hydrogen-bond donors (Lipinski definition) is 2. The van der Waals surface area contributed by atoms with Gasteiger partial charge in [-0.1, -0.05) is 32.6 Å². The molecule has 2 N–H and O–H groups in total. The van der Waals surface area contributed by atoms with E-state index in [4.69, 9.17) is 0 Å². The molecule has 1 saturated heterocycles. The van der Waals surface area contributed by atoms with Crippen LogP contribution in [0, 0.1) is 5.92 Å². The molecule has 6 heteroatoms. The lowest BCUT2D eigenvalue weighted by molar-refractivity contribution is 0.242. The van der Waals surface area contributed by atoms with Gasteiger partial charge in [0.15, 0.2) is 0 Å². The van der Waals surface area contributed by atoms with Gasteiger partial charge in [-0.25, -0.2) is 4.72 Å². The van der Waals surface area contributed by atoms with Crippen LogP contribution in [0.2, 0.25) is 0 Å². The largest absolute Gasteiger partial charge is 0.315 e. The fourth-order valence-corrected chi connectivity index (χ4v) is 5.06. The fourth-order valence-electron chi connectivity index (χ4n) is 3.50. The van der Waals surface area contributed by atoms with Crippen molar-refractivity contribution in [1.82, 2.24) is 14.3 Å². The minimum atomic E-state index is -3.32. The molecule has 2 fully saturated rings. The summed E-state index contributed by atoms with van der Waals surface area (Å²) in [5.74, 6) is 0.533. The molecule has 2 aliphatic rings. The maximum atomic E-state index is 12.6. The van der Waals surface area contributed by atoms with Crippen molar-refractivity contribution in [2.45, 2.75) is 64.3 Å². The minimum Gasteiger partial charge on any atom is -0.315 e. The molecular formula is C15H31N3O2S. The van der Waals surface area contributed by atoms with Gasteiger partial charge in [0.1, 0.15) is 0 Å². The number of nitrogens with one attached hydrogen (secondary N) is 2. The van der Waals surface area contributed by atoms with Crippen LogP contribution in [0.25, 0.3) is 0 Å². The molecule has 0 aromatic carbocycles. The van der Waals surface area contributed by atoms with Crippen LogP contribution in [0.4, 0.5) is 0 Å². The zero-order chi connectivity index (χ0) is 15.1. The Bertz CT molecular complexity index is 394. The molecule has 124 valence electrons. The first-order valence-electron chi connectivity index (χ1n) is 8.60. The predicted octanol–water partition coefficient (Wildman–Crippen LogP) is 1.87. The van der Waals surface area contributed by atoms with E-state index in [2.05, 4.69) is 17.0 Å². The Kier molecular flexibility index (Phi) is 6.92. The van der Waals surface area contributed by atoms with Crippen molar-refractivity contribution in [3.8, 4) is 0 Å². The maximum absolute atomic E-state index is 12.6. The third-order valence-corrected chi connectivity index (χ3v) is 6.42. The molecule has 1 atom stereocenters. The third kappa shape index (κ3) is 5.20. The first kappa shape index (κ1) is 17.2. The average molecular weight is 317 g/mol. The van der Waals surface area contributed by atoms with Gasteiger partial charge < -0.3 is 5.32 Å². The van der Waals surface area contributed by atoms with Gasteiger partial charge in [0.2, 0.25) is 0 Å². The van der Waals surface area contributed by atoms with E-state index in [1.54, 1.807) is 4.31 Å². The summed E-state index contributed by atoms with van der Waals surface area (Å²) in [6.07, 6.45) is 9.22. The van der Waals surface area contributed by atoms with E-state index in [1.165, 1.54) is 32.1 Å². The quantitative estimate of drug-likeness (QED) is 0.753. The third-order valence-electron chi connectivity index (χ3n) is 4.79. The number of likely N-dealkylation sites (N-methyl/N-ethyl adjacent to an activating group) is 1. The Morgan fingerprint density at radius 3 is 2.43 bits per heavy atom. The Morgan fingerprint density at radius 2 is 1.71 bits per heavy atom. The molecule has 1 aliphatic carbocycles. The van der Waals surface area contributed by atoms with Crippen LogP contribution >= 0.6 is 0 Å². The van der Waals surface area contributed by atoms with E-state index in [0.717, 1.165) is 32.4 Å². The summed E-state index contributed by atoms with van der Waals surface area (Å²) >= 11 is 0. The molecule has 0 aromatic heterocycles. The summed E-state index contributed by atoms with van der Waals surface area (Å²) < 4.78 is 29.7. The molecule has 1 unspecified atom stereocenters. The minimum absolute atomic E-state index is 0.113. The zero-order valence-electron chi connectivity index (χ0n) is 13.3. The highest BCUT2D eigenvalue weighted by Crippen LogP contribution is 2.24. The number of piperidine rings is 1. The summed E-state index contributed by atoms with van der Waals surface area (Å²) in [6, 6.07) is 0.113. The van der Waals surface area contributed by atoms with E-state index in [0.29, 0.717) is 19.0 Å². The van der Waals surface area contributed by atoms with Crippen LogP contribution in [0.5, 0.6) is 0 Å². The molecular weight excluding hydrogens is 286 g/mol. The van der Waals surface area contributed by atoms with Gasteiger partial charge in [0, 0.05) is 25.7 Å². The molecule has 5 nitrogen and oxygen atoms in total. The monoisotopic (exact) mass is 317 g/mol. The molecule has 0 spiro atoms. The lowest BCUT2D eigenvalue weighted by Crippen LogP contribution is -2.53. The molecule has 0 bridgehead atoms. The summed E-state index contributed by atoms with van der Waals surface area (Å²) in [4.78, 5) is 0. The van der Waals surface area contributed by atoms with Crippen molar-refractivity contribution in [1.29, 1.82) is 0 Å². The first-order chi connectivity index (χ1) is 10.1. The Morgan fingerprint density at radius 1 is 1.00 bits per heavy atom. The fraction of sp³-hybridized carbons (Fsp3) is 1.00. The van der Waals surface area contributed by atoms with Crippen molar-refractivity contribution in [3.63, 3.8) is 0 Å². The lowest BCUT2D eigenvalue weighted by Gasteiger charge is -2.35. The van der Waals surface area contributed by atoms with Crippen LogP contribution in [-0.2, 0) is 10.2 Å². The van der Waals surface area contributed by atoms with Crippen molar-refractivity contribution in [2.75, 3.05) is 26.2 Å². The van der Waals surface area contributed by atoms with Crippen molar-refractivity contribution >= 4 is 10.2 Å². The smallest absolute Gasteiger partial charge is 0.279 e. The Labute approximate surface area is 130 Å². The number of rotatable bonds is 7. The van der Waals surface area contributed by atoms with Gasteiger partial charge in [0.05, 0.1) is 0 Å². The molecule has 0 radical (unpaired) electrons. The van der Waals surface area contributed by atoms with Crippen molar-refractivity contribution in [3.05, 3.63) is 0 Å².